The number of aromatic nitrogens is 3. The predicted molar refractivity (Wildman–Crippen MR) is 108 cm³/mol. The minimum Gasteiger partial charge on any atom is -0.305 e. The van der Waals surface area contributed by atoms with Crippen LogP contribution in [0, 0.1) is 0 Å². The number of halogens is 3. The number of alkyl halides is 3. The van der Waals surface area contributed by atoms with E-state index in [1.165, 1.54) is 17.5 Å². The molecule has 0 fully saturated rings. The third kappa shape index (κ3) is 2.88. The SMILES string of the molecule is CC1Cc2ccccc2N1C(=O)c1cnn2c(C(F)(F)F)cc(-c3cccs3)nc12. The number of nitrogens with zero attached hydrogens (tertiary/aromatic N) is 4. The minimum absolute atomic E-state index is 0.0439. The lowest BCUT2D eigenvalue weighted by Gasteiger charge is -2.22. The minimum atomic E-state index is -4.65. The largest absolute Gasteiger partial charge is 0.433 e. The molecule has 0 N–H and O–H groups in total. The number of thiophene rings is 1. The fourth-order valence-corrected chi connectivity index (χ4v) is 4.56. The van der Waals surface area contributed by atoms with Crippen molar-refractivity contribution in [3.05, 3.63) is 70.9 Å². The maximum absolute atomic E-state index is 13.7. The van der Waals surface area contributed by atoms with Crippen molar-refractivity contribution in [2.75, 3.05) is 4.90 Å². The van der Waals surface area contributed by atoms with Crippen molar-refractivity contribution < 1.29 is 18.0 Å². The molecule has 0 spiro atoms. The highest BCUT2D eigenvalue weighted by molar-refractivity contribution is 7.13. The van der Waals surface area contributed by atoms with Crippen LogP contribution in [0.1, 0.15) is 28.5 Å². The monoisotopic (exact) mass is 428 g/mol. The topological polar surface area (TPSA) is 50.5 Å². The molecule has 1 aliphatic heterocycles. The van der Waals surface area contributed by atoms with Gasteiger partial charge < -0.3 is 4.90 Å². The summed E-state index contributed by atoms with van der Waals surface area (Å²) in [5, 5.41) is 5.63. The lowest BCUT2D eigenvalue weighted by Crippen LogP contribution is -2.35. The highest BCUT2D eigenvalue weighted by Crippen LogP contribution is 2.36. The zero-order valence-electron chi connectivity index (χ0n) is 15.7. The summed E-state index contributed by atoms with van der Waals surface area (Å²) >= 11 is 1.28. The van der Waals surface area contributed by atoms with Crippen LogP contribution in [0.4, 0.5) is 18.9 Å². The summed E-state index contributed by atoms with van der Waals surface area (Å²) < 4.78 is 41.9. The van der Waals surface area contributed by atoms with E-state index in [4.69, 9.17) is 0 Å². The van der Waals surface area contributed by atoms with Crippen LogP contribution in [-0.4, -0.2) is 26.5 Å². The molecular weight excluding hydrogens is 413 g/mol. The normalized spacial score (nSPS) is 16.3. The van der Waals surface area contributed by atoms with Crippen LogP contribution in [0.2, 0.25) is 0 Å². The van der Waals surface area contributed by atoms with Crippen molar-refractivity contribution in [2.45, 2.75) is 25.6 Å². The molecule has 0 bridgehead atoms. The fourth-order valence-electron chi connectivity index (χ4n) is 3.87. The number of hydrogen-bond acceptors (Lipinski definition) is 4. The summed E-state index contributed by atoms with van der Waals surface area (Å²) in [5.41, 5.74) is 0.925. The second-order valence-electron chi connectivity index (χ2n) is 7.15. The lowest BCUT2D eigenvalue weighted by atomic mass is 10.1. The average Bonchev–Trinajstić information content (AvgIpc) is 3.43. The molecule has 1 atom stereocenters. The molecule has 0 saturated heterocycles. The van der Waals surface area contributed by atoms with E-state index < -0.39 is 17.8 Å². The third-order valence-corrected chi connectivity index (χ3v) is 6.08. The first-order valence-electron chi connectivity index (χ1n) is 9.26. The zero-order chi connectivity index (χ0) is 21.0. The summed E-state index contributed by atoms with van der Waals surface area (Å²) in [4.78, 5) is 20.0. The molecule has 30 heavy (non-hydrogen) atoms. The van der Waals surface area contributed by atoms with Gasteiger partial charge in [0, 0.05) is 11.7 Å². The van der Waals surface area contributed by atoms with Crippen LogP contribution in [-0.2, 0) is 12.6 Å². The number of fused-ring (bicyclic) bond motifs is 2. The molecule has 0 aliphatic carbocycles. The number of anilines is 1. The summed E-state index contributed by atoms with van der Waals surface area (Å²) in [6.07, 6.45) is -2.79. The Labute approximate surface area is 173 Å². The summed E-state index contributed by atoms with van der Waals surface area (Å²) in [6.45, 7) is 1.91. The highest BCUT2D eigenvalue weighted by Gasteiger charge is 2.38. The first-order valence-corrected chi connectivity index (χ1v) is 10.1. The summed E-state index contributed by atoms with van der Waals surface area (Å²) in [5.74, 6) is -0.411. The van der Waals surface area contributed by atoms with E-state index in [0.717, 1.165) is 17.3 Å². The molecule has 3 aromatic heterocycles. The average molecular weight is 428 g/mol. The highest BCUT2D eigenvalue weighted by atomic mass is 32.1. The quantitative estimate of drug-likeness (QED) is 0.448. The maximum atomic E-state index is 13.7. The van der Waals surface area contributed by atoms with E-state index in [9.17, 15) is 18.0 Å². The molecule has 5 nitrogen and oxygen atoms in total. The van der Waals surface area contributed by atoms with Crippen molar-refractivity contribution in [1.29, 1.82) is 0 Å². The Morgan fingerprint density at radius 3 is 2.73 bits per heavy atom. The number of benzene rings is 1. The number of carbonyl (C=O) groups is 1. The standard InChI is InChI=1S/C21H15F3N4OS/c1-12-9-13-5-2-3-6-16(13)27(12)20(29)14-11-25-28-18(21(22,23)24)10-15(26-19(14)28)17-7-4-8-30-17/h2-8,10-12H,9H2,1H3. The van der Waals surface area contributed by atoms with E-state index in [1.807, 2.05) is 31.2 Å². The molecule has 0 radical (unpaired) electrons. The van der Waals surface area contributed by atoms with Gasteiger partial charge in [-0.3, -0.25) is 4.79 Å². The Morgan fingerprint density at radius 2 is 2.00 bits per heavy atom. The van der Waals surface area contributed by atoms with Crippen LogP contribution in [0.3, 0.4) is 0 Å². The molecule has 4 aromatic rings. The lowest BCUT2D eigenvalue weighted by molar-refractivity contribution is -0.142. The Kier molecular flexibility index (Phi) is 4.18. The maximum Gasteiger partial charge on any atom is 0.433 e. The molecule has 1 aromatic carbocycles. The third-order valence-electron chi connectivity index (χ3n) is 5.19. The van der Waals surface area contributed by atoms with Gasteiger partial charge in [-0.15, -0.1) is 11.3 Å². The summed E-state index contributed by atoms with van der Waals surface area (Å²) in [7, 11) is 0. The fraction of sp³-hybridized carbons (Fsp3) is 0.190. The second-order valence-corrected chi connectivity index (χ2v) is 8.10. The molecule has 152 valence electrons. The number of rotatable bonds is 2. The van der Waals surface area contributed by atoms with Gasteiger partial charge in [0.15, 0.2) is 11.3 Å². The van der Waals surface area contributed by atoms with Gasteiger partial charge in [0.1, 0.15) is 5.56 Å². The number of amides is 1. The summed E-state index contributed by atoms with van der Waals surface area (Å²) in [6, 6.07) is 11.8. The molecular formula is C21H15F3N4OS. The first-order chi connectivity index (χ1) is 14.3. The molecule has 0 saturated carbocycles. The molecule has 4 heterocycles. The number of hydrogen-bond donors (Lipinski definition) is 0. The van der Waals surface area contributed by atoms with Crippen LogP contribution < -0.4 is 4.90 Å². The first kappa shape index (κ1) is 18.8. The van der Waals surface area contributed by atoms with Crippen LogP contribution in [0.25, 0.3) is 16.2 Å². The molecule has 9 heteroatoms. The van der Waals surface area contributed by atoms with Crippen LogP contribution in [0.15, 0.2) is 54.0 Å². The van der Waals surface area contributed by atoms with E-state index in [-0.39, 0.29) is 22.9 Å². The Balaban J connectivity index is 1.69. The van der Waals surface area contributed by atoms with Crippen molar-refractivity contribution in [1.82, 2.24) is 14.6 Å². The van der Waals surface area contributed by atoms with E-state index in [0.29, 0.717) is 15.8 Å². The van der Waals surface area contributed by atoms with Gasteiger partial charge in [-0.2, -0.15) is 18.3 Å². The zero-order valence-corrected chi connectivity index (χ0v) is 16.5. The van der Waals surface area contributed by atoms with Gasteiger partial charge in [0.2, 0.25) is 0 Å². The molecule has 1 amide bonds. The van der Waals surface area contributed by atoms with Gasteiger partial charge in [0.05, 0.1) is 16.8 Å². The molecule has 1 unspecified atom stereocenters. The predicted octanol–water partition coefficient (Wildman–Crippen LogP) is 5.07. The van der Waals surface area contributed by atoms with E-state index in [1.54, 1.807) is 22.4 Å². The van der Waals surface area contributed by atoms with E-state index in [2.05, 4.69) is 10.1 Å². The van der Waals surface area contributed by atoms with Crippen molar-refractivity contribution in [3.8, 4) is 10.6 Å². The van der Waals surface area contributed by atoms with Gasteiger partial charge in [-0.05, 0) is 42.5 Å². The second kappa shape index (κ2) is 6.66. The Hall–Kier alpha value is -3.20. The van der Waals surface area contributed by atoms with Gasteiger partial charge in [-0.1, -0.05) is 24.3 Å². The Morgan fingerprint density at radius 1 is 1.20 bits per heavy atom. The van der Waals surface area contributed by atoms with E-state index >= 15 is 0 Å². The van der Waals surface area contributed by atoms with Crippen LogP contribution in [0.5, 0.6) is 0 Å². The smallest absolute Gasteiger partial charge is 0.305 e. The van der Waals surface area contributed by atoms with Gasteiger partial charge >= 0.3 is 6.18 Å². The van der Waals surface area contributed by atoms with Gasteiger partial charge in [0.25, 0.3) is 5.91 Å². The number of para-hydroxylation sites is 1. The van der Waals surface area contributed by atoms with Crippen molar-refractivity contribution in [2.24, 2.45) is 0 Å². The van der Waals surface area contributed by atoms with Crippen molar-refractivity contribution >= 4 is 28.6 Å². The van der Waals surface area contributed by atoms with Crippen molar-refractivity contribution in [3.63, 3.8) is 0 Å². The van der Waals surface area contributed by atoms with Crippen LogP contribution >= 0.6 is 11.3 Å². The van der Waals surface area contributed by atoms with Gasteiger partial charge in [-0.25, -0.2) is 9.50 Å². The number of carbonyl (C=O) groups excluding carboxylic acids is 1. The molecule has 5 rings (SSSR count). The molecule has 1 aliphatic rings. The Bertz CT molecular complexity index is 1260.